The SMILES string of the molecule is Cn1cnnc1-c1ccc(C(F)(F)F)cc1-c1cc(NCCCC#N)nc(N2Cc3c(cc(CN4CCOC5(CC5)C4)cc3C(F)(F)F)C2=O)c1. The number of nitrogens with zero attached hydrogens (tertiary/aromatic N) is 7. The van der Waals surface area contributed by atoms with Crippen molar-refractivity contribution in [3.05, 3.63) is 76.6 Å². The standard InChI is InChI=1S/C35H32F6N8O2/c1-47-20-44-46-31(47)24-5-4-23(34(36,37)38)16-25(24)22-14-29(43-9-3-2-8-42)45-30(15-22)49-18-27-26(32(49)50)12-21(13-28(27)35(39,40)41)17-48-10-11-51-33(19-48)6-7-33/h4-5,12-16,20H,2-3,6-7,9-11,17-19H2,1H3,(H,43,45). The zero-order chi connectivity index (χ0) is 36.1. The summed E-state index contributed by atoms with van der Waals surface area (Å²) in [4.78, 5) is 21.7. The number of unbranched alkanes of at least 4 members (excludes halogenated alkanes) is 1. The molecule has 1 N–H and O–H groups in total. The molecule has 1 saturated carbocycles. The lowest BCUT2D eigenvalue weighted by Gasteiger charge is -2.33. The van der Waals surface area contributed by atoms with Crippen LogP contribution in [0.3, 0.4) is 0 Å². The molecule has 1 saturated heterocycles. The molecule has 0 unspecified atom stereocenters. The summed E-state index contributed by atoms with van der Waals surface area (Å²) in [5.74, 6) is -0.351. The fourth-order valence-corrected chi connectivity index (χ4v) is 6.72. The van der Waals surface area contributed by atoms with E-state index in [1.54, 1.807) is 7.05 Å². The Labute approximate surface area is 288 Å². The lowest BCUT2D eigenvalue weighted by atomic mass is 9.96. The highest BCUT2D eigenvalue weighted by atomic mass is 19.4. The largest absolute Gasteiger partial charge is 0.416 e. The Balaban J connectivity index is 1.30. The van der Waals surface area contributed by atoms with Gasteiger partial charge in [-0.05, 0) is 84.0 Å². The number of fused-ring (bicyclic) bond motifs is 1. The molecule has 3 aliphatic rings. The second-order valence-electron chi connectivity index (χ2n) is 13.1. The number of hydrogen-bond donors (Lipinski definition) is 1. The first kappa shape index (κ1) is 34.4. The number of carbonyl (C=O) groups excluding carboxylic acids is 1. The number of nitriles is 1. The Morgan fingerprint density at radius 3 is 2.51 bits per heavy atom. The molecule has 16 heteroatoms. The van der Waals surface area contributed by atoms with Crippen LogP contribution in [0.4, 0.5) is 38.0 Å². The predicted octanol–water partition coefficient (Wildman–Crippen LogP) is 6.82. The molecule has 10 nitrogen and oxygen atoms in total. The van der Waals surface area contributed by atoms with Gasteiger partial charge in [0.15, 0.2) is 5.82 Å². The van der Waals surface area contributed by atoms with Crippen molar-refractivity contribution in [1.82, 2.24) is 24.6 Å². The number of nitrogens with one attached hydrogen (secondary N) is 1. The van der Waals surface area contributed by atoms with Crippen molar-refractivity contribution in [2.24, 2.45) is 7.05 Å². The van der Waals surface area contributed by atoms with Gasteiger partial charge >= 0.3 is 12.4 Å². The molecule has 2 aromatic heterocycles. The molecule has 51 heavy (non-hydrogen) atoms. The number of morpholine rings is 1. The van der Waals surface area contributed by atoms with E-state index in [4.69, 9.17) is 10.00 Å². The van der Waals surface area contributed by atoms with E-state index in [0.717, 1.165) is 35.9 Å². The van der Waals surface area contributed by atoms with Gasteiger partial charge in [-0.3, -0.25) is 14.6 Å². The molecular weight excluding hydrogens is 678 g/mol. The zero-order valence-corrected chi connectivity index (χ0v) is 27.4. The number of carbonyl (C=O) groups is 1. The molecule has 0 radical (unpaired) electrons. The quantitative estimate of drug-likeness (QED) is 0.149. The lowest BCUT2D eigenvalue weighted by Crippen LogP contribution is -2.43. The van der Waals surface area contributed by atoms with Crippen LogP contribution in [-0.2, 0) is 37.2 Å². The van der Waals surface area contributed by atoms with Crippen molar-refractivity contribution in [1.29, 1.82) is 5.26 Å². The fourth-order valence-electron chi connectivity index (χ4n) is 6.72. The van der Waals surface area contributed by atoms with Crippen molar-refractivity contribution < 1.29 is 35.9 Å². The third-order valence-electron chi connectivity index (χ3n) is 9.42. The van der Waals surface area contributed by atoms with E-state index in [9.17, 15) is 31.1 Å². The van der Waals surface area contributed by atoms with E-state index < -0.39 is 35.9 Å². The van der Waals surface area contributed by atoms with E-state index in [1.807, 2.05) is 11.0 Å². The van der Waals surface area contributed by atoms with Crippen molar-refractivity contribution >= 4 is 17.5 Å². The maximum absolute atomic E-state index is 14.6. The van der Waals surface area contributed by atoms with E-state index in [-0.39, 0.29) is 64.8 Å². The molecule has 7 rings (SSSR count). The van der Waals surface area contributed by atoms with Crippen molar-refractivity contribution in [2.75, 3.05) is 36.5 Å². The van der Waals surface area contributed by atoms with Crippen LogP contribution < -0.4 is 10.2 Å². The summed E-state index contributed by atoms with van der Waals surface area (Å²) < 4.78 is 93.1. The monoisotopic (exact) mass is 710 g/mol. The average Bonchev–Trinajstić information content (AvgIpc) is 3.52. The first-order valence-corrected chi connectivity index (χ1v) is 16.3. The number of aryl methyl sites for hydroxylation is 1. The smallest absolute Gasteiger partial charge is 0.372 e. The van der Waals surface area contributed by atoms with Crippen LogP contribution in [0.15, 0.2) is 48.8 Å². The summed E-state index contributed by atoms with van der Waals surface area (Å²) in [6, 6.07) is 10.6. The minimum atomic E-state index is -4.76. The van der Waals surface area contributed by atoms with E-state index in [2.05, 4.69) is 20.5 Å². The summed E-state index contributed by atoms with van der Waals surface area (Å²) in [6.07, 6.45) is -5.62. The second-order valence-corrected chi connectivity index (χ2v) is 13.1. The minimum Gasteiger partial charge on any atom is -0.372 e. The second kappa shape index (κ2) is 13.0. The van der Waals surface area contributed by atoms with Crippen molar-refractivity contribution in [3.8, 4) is 28.6 Å². The van der Waals surface area contributed by atoms with Gasteiger partial charge in [0.05, 0.1) is 35.9 Å². The summed E-state index contributed by atoms with van der Waals surface area (Å²) in [7, 11) is 1.63. The number of alkyl halides is 6. The van der Waals surface area contributed by atoms with Crippen molar-refractivity contribution in [3.63, 3.8) is 0 Å². The number of pyridine rings is 1. The molecule has 0 atom stereocenters. The number of benzene rings is 2. The molecule has 2 fully saturated rings. The molecule has 0 bridgehead atoms. The number of anilines is 2. The van der Waals surface area contributed by atoms with Crippen LogP contribution in [0, 0.1) is 11.3 Å². The van der Waals surface area contributed by atoms with Crippen LogP contribution in [0.1, 0.15) is 58.3 Å². The van der Waals surface area contributed by atoms with Crippen LogP contribution in [0.25, 0.3) is 22.5 Å². The number of hydrogen-bond acceptors (Lipinski definition) is 8. The number of rotatable bonds is 9. The maximum atomic E-state index is 14.6. The molecule has 1 amide bonds. The van der Waals surface area contributed by atoms with Crippen LogP contribution >= 0.6 is 0 Å². The van der Waals surface area contributed by atoms with E-state index in [1.165, 1.54) is 35.2 Å². The van der Waals surface area contributed by atoms with Gasteiger partial charge in [-0.1, -0.05) is 0 Å². The molecule has 4 heterocycles. The zero-order valence-electron chi connectivity index (χ0n) is 27.4. The molecular formula is C35H32F6N8O2. The van der Waals surface area contributed by atoms with Crippen LogP contribution in [0.2, 0.25) is 0 Å². The Bertz CT molecular complexity index is 2030. The van der Waals surface area contributed by atoms with Gasteiger partial charge in [0.25, 0.3) is 5.91 Å². The van der Waals surface area contributed by atoms with Crippen molar-refractivity contribution in [2.45, 2.75) is 56.7 Å². The topological polar surface area (TPSA) is 112 Å². The summed E-state index contributed by atoms with van der Waals surface area (Å²) >= 11 is 0. The molecule has 1 aliphatic carbocycles. The predicted molar refractivity (Wildman–Crippen MR) is 173 cm³/mol. The lowest BCUT2D eigenvalue weighted by molar-refractivity contribution is -0.138. The van der Waals surface area contributed by atoms with Gasteiger partial charge in [-0.15, -0.1) is 10.2 Å². The van der Waals surface area contributed by atoms with Crippen LogP contribution in [0.5, 0.6) is 0 Å². The Hall–Kier alpha value is -5.01. The highest BCUT2D eigenvalue weighted by Gasteiger charge is 2.47. The fraction of sp³-hybridized carbons (Fsp3) is 0.400. The molecule has 2 aromatic carbocycles. The van der Waals surface area contributed by atoms with E-state index in [0.29, 0.717) is 37.2 Å². The van der Waals surface area contributed by atoms with Gasteiger partial charge in [0.2, 0.25) is 0 Å². The summed E-state index contributed by atoms with van der Waals surface area (Å²) in [5, 5.41) is 20.0. The van der Waals surface area contributed by atoms with Crippen LogP contribution in [-0.4, -0.2) is 62.4 Å². The highest BCUT2D eigenvalue weighted by Crippen LogP contribution is 2.44. The number of aromatic nitrogens is 4. The molecule has 4 aromatic rings. The van der Waals surface area contributed by atoms with Gasteiger partial charge in [-0.2, -0.15) is 31.6 Å². The number of ether oxygens (including phenoxy) is 1. The highest BCUT2D eigenvalue weighted by molar-refractivity contribution is 6.10. The Morgan fingerprint density at radius 1 is 1.02 bits per heavy atom. The summed E-state index contributed by atoms with van der Waals surface area (Å²) in [6.45, 7) is 1.64. The van der Waals surface area contributed by atoms with Gasteiger partial charge in [-0.25, -0.2) is 4.98 Å². The molecule has 2 aliphatic heterocycles. The average molecular weight is 711 g/mol. The van der Waals surface area contributed by atoms with Gasteiger partial charge in [0.1, 0.15) is 18.0 Å². The minimum absolute atomic E-state index is 0.0589. The van der Waals surface area contributed by atoms with Gasteiger partial charge < -0.3 is 14.6 Å². The Kier molecular flexibility index (Phi) is 8.75. The molecule has 1 spiro atoms. The molecule has 266 valence electrons. The third kappa shape index (κ3) is 7.00. The summed E-state index contributed by atoms with van der Waals surface area (Å²) in [5.41, 5.74) is -1.48. The first-order chi connectivity index (χ1) is 24.2. The first-order valence-electron chi connectivity index (χ1n) is 16.3. The normalized spacial score (nSPS) is 17.1. The van der Waals surface area contributed by atoms with E-state index >= 15 is 0 Å². The third-order valence-corrected chi connectivity index (χ3v) is 9.42. The number of amides is 1. The number of halogens is 6. The van der Waals surface area contributed by atoms with Gasteiger partial charge in [0, 0.05) is 50.8 Å². The Morgan fingerprint density at radius 2 is 1.82 bits per heavy atom. The maximum Gasteiger partial charge on any atom is 0.416 e.